The minimum atomic E-state index is -4.26. The third-order valence-corrected chi connectivity index (χ3v) is 4.94. The molecule has 0 aromatic heterocycles. The summed E-state index contributed by atoms with van der Waals surface area (Å²) in [5.41, 5.74) is 4.40. The van der Waals surface area contributed by atoms with Crippen molar-refractivity contribution in [1.82, 2.24) is 0 Å². The van der Waals surface area contributed by atoms with Crippen LogP contribution in [-0.2, 0) is 9.13 Å². The van der Waals surface area contributed by atoms with E-state index >= 15 is 0 Å². The zero-order valence-electron chi connectivity index (χ0n) is 9.06. The van der Waals surface area contributed by atoms with Gasteiger partial charge in [0.1, 0.15) is 0 Å². The van der Waals surface area contributed by atoms with Crippen LogP contribution in [0.1, 0.15) is 19.8 Å². The van der Waals surface area contributed by atoms with Gasteiger partial charge in [0.15, 0.2) is 0 Å². The highest BCUT2D eigenvalue weighted by Crippen LogP contribution is 2.48. The van der Waals surface area contributed by atoms with E-state index in [1.807, 2.05) is 0 Å². The smallest absolute Gasteiger partial charge is 0.328 e. The van der Waals surface area contributed by atoms with Gasteiger partial charge in [-0.1, -0.05) is 6.92 Å². The van der Waals surface area contributed by atoms with Crippen LogP contribution in [0.4, 0.5) is 0 Å². The molecule has 7 nitrogen and oxygen atoms in total. The molecular weight excluding hydrogens is 256 g/mol. The Hall–Kier alpha value is 0.260. The Labute approximate surface area is 94.4 Å². The van der Waals surface area contributed by atoms with Gasteiger partial charge in [0.05, 0.1) is 5.66 Å². The molecule has 0 spiro atoms. The Bertz CT molecular complexity index is 297. The molecule has 0 aliphatic rings. The van der Waals surface area contributed by atoms with E-state index in [2.05, 4.69) is 0 Å². The van der Waals surface area contributed by atoms with Crippen LogP contribution >= 0.6 is 15.2 Å². The molecule has 16 heavy (non-hydrogen) atoms. The molecule has 0 aliphatic carbocycles. The van der Waals surface area contributed by atoms with Gasteiger partial charge in [-0.3, -0.25) is 9.13 Å². The highest BCUT2D eigenvalue weighted by Gasteiger charge is 2.33. The Morgan fingerprint density at radius 3 is 2.00 bits per heavy atom. The maximum absolute atomic E-state index is 11.1. The van der Waals surface area contributed by atoms with Gasteiger partial charge in [-0.15, -0.1) is 0 Å². The van der Waals surface area contributed by atoms with Gasteiger partial charge < -0.3 is 25.3 Å². The minimum Gasteiger partial charge on any atom is -0.330 e. The largest absolute Gasteiger partial charge is 0.330 e. The first-order chi connectivity index (χ1) is 7.08. The van der Waals surface area contributed by atoms with Gasteiger partial charge in [-0.05, 0) is 25.3 Å². The summed E-state index contributed by atoms with van der Waals surface area (Å²) in [5, 5.41) is 0. The maximum atomic E-state index is 11.1. The van der Waals surface area contributed by atoms with Crippen LogP contribution in [0.15, 0.2) is 0 Å². The lowest BCUT2D eigenvalue weighted by Crippen LogP contribution is -2.25. The predicted molar refractivity (Wildman–Crippen MR) is 60.2 cm³/mol. The topological polar surface area (TPSA) is 141 Å². The van der Waals surface area contributed by atoms with E-state index in [0.717, 1.165) is 0 Å². The molecule has 0 aliphatic heterocycles. The average molecular weight is 275 g/mol. The lowest BCUT2D eigenvalue weighted by atomic mass is 10.0. The standard InChI is InChI=1S/C7H19NO6P2/c1-6(5-8)7(16(12,13)14)3-2-4-15(9,10)11/h6-7H,2-5,8H2,1H3,(H2,9,10,11)(H2,12,13,14). The second kappa shape index (κ2) is 6.26. The number of nitrogens with two attached hydrogens (primary N) is 1. The molecule has 0 amide bonds. The molecule has 2 atom stereocenters. The molecule has 9 heteroatoms. The first-order valence-electron chi connectivity index (χ1n) is 4.88. The van der Waals surface area contributed by atoms with Crippen LogP contribution in [0, 0.1) is 5.92 Å². The molecule has 0 saturated carbocycles. The van der Waals surface area contributed by atoms with Crippen molar-refractivity contribution >= 4 is 15.2 Å². The molecule has 98 valence electrons. The zero-order chi connectivity index (χ0) is 13.0. The van der Waals surface area contributed by atoms with Crippen molar-refractivity contribution in [1.29, 1.82) is 0 Å². The summed E-state index contributed by atoms with van der Waals surface area (Å²) in [4.78, 5) is 35.4. The first kappa shape index (κ1) is 16.3. The van der Waals surface area contributed by atoms with E-state index in [9.17, 15) is 9.13 Å². The summed E-state index contributed by atoms with van der Waals surface area (Å²) in [6.07, 6.45) is -0.223. The van der Waals surface area contributed by atoms with E-state index in [1.165, 1.54) is 0 Å². The fraction of sp³-hybridized carbons (Fsp3) is 1.00. The van der Waals surface area contributed by atoms with E-state index in [-0.39, 0.29) is 31.5 Å². The van der Waals surface area contributed by atoms with Gasteiger partial charge in [-0.25, -0.2) is 0 Å². The summed E-state index contributed by atoms with van der Waals surface area (Å²) in [6.45, 7) is 1.74. The van der Waals surface area contributed by atoms with Gasteiger partial charge in [0.25, 0.3) is 0 Å². The molecule has 0 aromatic carbocycles. The molecule has 6 N–H and O–H groups in total. The van der Waals surface area contributed by atoms with Crippen molar-refractivity contribution in [2.24, 2.45) is 11.7 Å². The molecule has 0 heterocycles. The van der Waals surface area contributed by atoms with E-state index < -0.39 is 20.9 Å². The maximum Gasteiger partial charge on any atom is 0.328 e. The Balaban J connectivity index is 4.36. The van der Waals surface area contributed by atoms with Crippen molar-refractivity contribution in [2.75, 3.05) is 12.7 Å². The van der Waals surface area contributed by atoms with Crippen molar-refractivity contribution in [3.8, 4) is 0 Å². The van der Waals surface area contributed by atoms with E-state index in [0.29, 0.717) is 0 Å². The summed E-state index contributed by atoms with van der Waals surface area (Å²) in [6, 6.07) is 0. The second-order valence-electron chi connectivity index (χ2n) is 3.90. The van der Waals surface area contributed by atoms with Crippen LogP contribution in [0.2, 0.25) is 0 Å². The number of hydrogen-bond acceptors (Lipinski definition) is 3. The molecule has 0 aromatic rings. The lowest BCUT2D eigenvalue weighted by molar-refractivity contribution is 0.329. The van der Waals surface area contributed by atoms with Gasteiger partial charge in [0, 0.05) is 6.16 Å². The van der Waals surface area contributed by atoms with Gasteiger partial charge in [-0.2, -0.15) is 0 Å². The molecule has 0 radical (unpaired) electrons. The Kier molecular flexibility index (Phi) is 6.36. The SMILES string of the molecule is CC(CN)C(CCCP(=O)(O)O)P(=O)(O)O. The zero-order valence-corrected chi connectivity index (χ0v) is 10.8. The van der Waals surface area contributed by atoms with Crippen molar-refractivity contribution in [2.45, 2.75) is 25.4 Å². The molecule has 2 unspecified atom stereocenters. The normalized spacial score (nSPS) is 17.1. The quantitative estimate of drug-likeness (QED) is 0.414. The molecule has 0 saturated heterocycles. The van der Waals surface area contributed by atoms with Crippen molar-refractivity contribution in [3.63, 3.8) is 0 Å². The average Bonchev–Trinajstić information content (AvgIpc) is 2.07. The molecular formula is C7H19NO6P2. The Morgan fingerprint density at radius 2 is 1.69 bits per heavy atom. The van der Waals surface area contributed by atoms with Crippen LogP contribution in [0.5, 0.6) is 0 Å². The molecule has 0 rings (SSSR count). The summed E-state index contributed by atoms with van der Waals surface area (Å²) in [7, 11) is -8.36. The Morgan fingerprint density at radius 1 is 1.19 bits per heavy atom. The first-order valence-corrected chi connectivity index (χ1v) is 8.35. The highest BCUT2D eigenvalue weighted by molar-refractivity contribution is 7.52. The van der Waals surface area contributed by atoms with E-state index in [4.69, 9.17) is 25.3 Å². The van der Waals surface area contributed by atoms with Gasteiger partial charge >= 0.3 is 15.2 Å². The summed E-state index contributed by atoms with van der Waals surface area (Å²) in [5.74, 6) is -0.377. The fourth-order valence-corrected chi connectivity index (χ4v) is 3.35. The number of rotatable bonds is 7. The summed E-state index contributed by atoms with van der Waals surface area (Å²) >= 11 is 0. The lowest BCUT2D eigenvalue weighted by Gasteiger charge is -2.23. The third-order valence-electron chi connectivity index (χ3n) is 2.41. The monoisotopic (exact) mass is 275 g/mol. The fourth-order valence-electron chi connectivity index (χ4n) is 1.45. The number of hydrogen-bond donors (Lipinski definition) is 5. The van der Waals surface area contributed by atoms with Crippen LogP contribution in [0.3, 0.4) is 0 Å². The summed E-state index contributed by atoms with van der Waals surface area (Å²) < 4.78 is 21.7. The van der Waals surface area contributed by atoms with E-state index in [1.54, 1.807) is 6.92 Å². The third kappa shape index (κ3) is 6.76. The van der Waals surface area contributed by atoms with Crippen molar-refractivity contribution in [3.05, 3.63) is 0 Å². The minimum absolute atomic E-state index is 0.0632. The van der Waals surface area contributed by atoms with Crippen LogP contribution in [-0.4, -0.2) is 37.9 Å². The predicted octanol–water partition coefficient (Wildman–Crippen LogP) is 0.0854. The van der Waals surface area contributed by atoms with Crippen molar-refractivity contribution < 1.29 is 28.7 Å². The molecule has 0 fully saturated rings. The second-order valence-corrected chi connectivity index (χ2v) is 7.52. The van der Waals surface area contributed by atoms with Crippen LogP contribution < -0.4 is 5.73 Å². The van der Waals surface area contributed by atoms with Crippen LogP contribution in [0.25, 0.3) is 0 Å². The highest BCUT2D eigenvalue weighted by atomic mass is 31.2. The molecule has 0 bridgehead atoms. The van der Waals surface area contributed by atoms with Gasteiger partial charge in [0.2, 0.25) is 0 Å².